The average Bonchev–Trinajstić information content (AvgIpc) is 2.68. The predicted molar refractivity (Wildman–Crippen MR) is 110 cm³/mol. The molecule has 4 nitrogen and oxygen atoms in total. The van der Waals surface area contributed by atoms with Gasteiger partial charge in [0.05, 0.1) is 17.6 Å². The Morgan fingerprint density at radius 3 is 2.26 bits per heavy atom. The lowest BCUT2D eigenvalue weighted by molar-refractivity contribution is -0.118. The second-order valence-electron chi connectivity index (χ2n) is 8.57. The minimum Gasteiger partial charge on any atom is -0.384 e. The summed E-state index contributed by atoms with van der Waals surface area (Å²) in [5.41, 5.74) is 5.76. The third-order valence-corrected chi connectivity index (χ3v) is 5.76. The van der Waals surface area contributed by atoms with Crippen LogP contribution in [-0.4, -0.2) is 5.78 Å². The number of ketones is 1. The van der Waals surface area contributed by atoms with E-state index in [1.54, 1.807) is 6.07 Å². The Kier molecular flexibility index (Phi) is 4.89. The molecule has 0 fully saturated rings. The first-order chi connectivity index (χ1) is 14.7. The molecule has 4 rings (SSSR count). The highest BCUT2D eigenvalue weighted by Gasteiger charge is 2.46. The van der Waals surface area contributed by atoms with Crippen LogP contribution in [0, 0.1) is 34.2 Å². The lowest BCUT2D eigenvalue weighted by atomic mass is 9.68. The van der Waals surface area contributed by atoms with Crippen LogP contribution in [0.1, 0.15) is 38.2 Å². The first-order valence-electron chi connectivity index (χ1n) is 9.81. The van der Waals surface area contributed by atoms with Crippen LogP contribution in [0.15, 0.2) is 65.1 Å². The first kappa shape index (κ1) is 20.7. The molecule has 0 saturated carbocycles. The van der Waals surface area contributed by atoms with Crippen LogP contribution in [0.2, 0.25) is 0 Å². The number of carbonyl (C=O) groups excluding carboxylic acids is 1. The van der Waals surface area contributed by atoms with E-state index in [9.17, 15) is 23.2 Å². The number of nitrogens with zero attached hydrogens (tertiary/aromatic N) is 2. The number of hydrogen-bond acceptors (Lipinski definition) is 4. The van der Waals surface area contributed by atoms with Crippen molar-refractivity contribution >= 4 is 11.5 Å². The number of Topliss-reactive ketones (excluding diaryl/α,β-unsaturated/α-hetero) is 1. The lowest BCUT2D eigenvalue weighted by Gasteiger charge is -2.43. The summed E-state index contributed by atoms with van der Waals surface area (Å²) >= 11 is 0. The molecule has 0 aromatic heterocycles. The van der Waals surface area contributed by atoms with E-state index in [1.165, 1.54) is 24.3 Å². The monoisotopic (exact) mass is 423 g/mol. The summed E-state index contributed by atoms with van der Waals surface area (Å²) in [6, 6.07) is 11.2. The molecule has 0 amide bonds. The molecule has 1 unspecified atom stereocenters. The van der Waals surface area contributed by atoms with Gasteiger partial charge in [0.2, 0.25) is 0 Å². The number of rotatable bonds is 2. The standard InChI is InChI=1S/C24H20F3N3O/c1-24(2)10-18-21(19(31)11-24)20(13-6-3-4-7-15(13)25)14(12-28)23(29)30(18)22-16(26)8-5-9-17(22)27/h3-9,20H,10-11,29H2,1-2H3. The van der Waals surface area contributed by atoms with Gasteiger partial charge in [0.1, 0.15) is 29.0 Å². The fraction of sp³-hybridized carbons (Fsp3) is 0.250. The Morgan fingerprint density at radius 1 is 1.03 bits per heavy atom. The second-order valence-corrected chi connectivity index (χ2v) is 8.57. The van der Waals surface area contributed by atoms with E-state index >= 15 is 0 Å². The molecule has 0 radical (unpaired) electrons. The maximum Gasteiger partial charge on any atom is 0.162 e. The zero-order valence-corrected chi connectivity index (χ0v) is 17.0. The van der Waals surface area contributed by atoms with Crippen molar-refractivity contribution in [1.82, 2.24) is 0 Å². The Balaban J connectivity index is 2.07. The fourth-order valence-electron chi connectivity index (χ4n) is 4.49. The number of anilines is 1. The van der Waals surface area contributed by atoms with Crippen LogP contribution < -0.4 is 10.6 Å². The largest absolute Gasteiger partial charge is 0.384 e. The second kappa shape index (κ2) is 7.31. The molecule has 0 saturated heterocycles. The number of benzene rings is 2. The summed E-state index contributed by atoms with van der Waals surface area (Å²) in [5, 5.41) is 9.91. The Hall–Kier alpha value is -3.53. The smallest absolute Gasteiger partial charge is 0.162 e. The quantitative estimate of drug-likeness (QED) is 0.734. The van der Waals surface area contributed by atoms with Crippen molar-refractivity contribution in [3.8, 4) is 6.07 Å². The zero-order valence-electron chi connectivity index (χ0n) is 17.0. The van der Waals surface area contributed by atoms with Crippen molar-refractivity contribution in [3.05, 3.63) is 88.1 Å². The number of hydrogen-bond donors (Lipinski definition) is 1. The van der Waals surface area contributed by atoms with Gasteiger partial charge in [-0.2, -0.15) is 5.26 Å². The molecule has 2 aromatic rings. The van der Waals surface area contributed by atoms with Crippen molar-refractivity contribution in [1.29, 1.82) is 5.26 Å². The molecular formula is C24H20F3N3O. The van der Waals surface area contributed by atoms with Gasteiger partial charge in [-0.3, -0.25) is 9.69 Å². The number of para-hydroxylation sites is 1. The van der Waals surface area contributed by atoms with Gasteiger partial charge in [-0.25, -0.2) is 13.2 Å². The molecule has 1 aliphatic carbocycles. The van der Waals surface area contributed by atoms with E-state index in [0.717, 1.165) is 17.0 Å². The number of nitrogens with two attached hydrogens (primary N) is 1. The predicted octanol–water partition coefficient (Wildman–Crippen LogP) is 5.04. The Morgan fingerprint density at radius 2 is 1.65 bits per heavy atom. The van der Waals surface area contributed by atoms with Gasteiger partial charge in [-0.15, -0.1) is 0 Å². The average molecular weight is 423 g/mol. The minimum absolute atomic E-state index is 0.121. The molecule has 31 heavy (non-hydrogen) atoms. The Bertz CT molecular complexity index is 1190. The zero-order chi connectivity index (χ0) is 22.5. The third kappa shape index (κ3) is 3.28. The topological polar surface area (TPSA) is 70.1 Å². The molecule has 158 valence electrons. The van der Waals surface area contributed by atoms with E-state index in [1.807, 2.05) is 19.9 Å². The summed E-state index contributed by atoms with van der Waals surface area (Å²) in [6.45, 7) is 3.73. The van der Waals surface area contributed by atoms with Gasteiger partial charge in [-0.1, -0.05) is 38.1 Å². The summed E-state index contributed by atoms with van der Waals surface area (Å²) in [4.78, 5) is 14.4. The van der Waals surface area contributed by atoms with Gasteiger partial charge < -0.3 is 5.73 Å². The van der Waals surface area contributed by atoms with Crippen LogP contribution in [0.5, 0.6) is 0 Å². The van der Waals surface area contributed by atoms with Crippen LogP contribution in [0.4, 0.5) is 18.9 Å². The van der Waals surface area contributed by atoms with Crippen LogP contribution in [0.25, 0.3) is 0 Å². The van der Waals surface area contributed by atoms with Crippen molar-refractivity contribution in [2.75, 3.05) is 4.90 Å². The third-order valence-electron chi connectivity index (χ3n) is 5.76. The molecule has 1 heterocycles. The highest BCUT2D eigenvalue weighted by Crippen LogP contribution is 2.51. The summed E-state index contributed by atoms with van der Waals surface area (Å²) in [6.07, 6.45) is 0.426. The molecule has 1 atom stereocenters. The van der Waals surface area contributed by atoms with Gasteiger partial charge in [0.25, 0.3) is 0 Å². The molecular weight excluding hydrogens is 403 g/mol. The molecule has 1 aliphatic heterocycles. The van der Waals surface area contributed by atoms with Gasteiger partial charge in [-0.05, 0) is 30.0 Å². The number of allylic oxidation sites excluding steroid dienone is 3. The van der Waals surface area contributed by atoms with Gasteiger partial charge in [0, 0.05) is 23.3 Å². The maximum absolute atomic E-state index is 14.8. The molecule has 0 spiro atoms. The highest BCUT2D eigenvalue weighted by atomic mass is 19.1. The number of carbonyl (C=O) groups is 1. The van der Waals surface area contributed by atoms with Crippen LogP contribution >= 0.6 is 0 Å². The van der Waals surface area contributed by atoms with Crippen molar-refractivity contribution in [3.63, 3.8) is 0 Å². The van der Waals surface area contributed by atoms with Gasteiger partial charge >= 0.3 is 0 Å². The van der Waals surface area contributed by atoms with E-state index in [-0.39, 0.29) is 46.9 Å². The summed E-state index contributed by atoms with van der Waals surface area (Å²) in [5.74, 6) is -3.93. The normalized spacial score (nSPS) is 20.6. The Labute approximate surface area is 178 Å². The van der Waals surface area contributed by atoms with E-state index in [2.05, 4.69) is 0 Å². The molecule has 7 heteroatoms. The summed E-state index contributed by atoms with van der Waals surface area (Å²) < 4.78 is 44.3. The summed E-state index contributed by atoms with van der Waals surface area (Å²) in [7, 11) is 0. The maximum atomic E-state index is 14.8. The SMILES string of the molecule is CC1(C)CC(=O)C2=C(C1)N(c1c(F)cccc1F)C(N)=C(C#N)C2c1ccccc1F. The van der Waals surface area contributed by atoms with Crippen LogP contribution in [-0.2, 0) is 4.79 Å². The fourth-order valence-corrected chi connectivity index (χ4v) is 4.49. The van der Waals surface area contributed by atoms with Crippen molar-refractivity contribution in [2.24, 2.45) is 11.1 Å². The number of halogens is 3. The first-order valence-corrected chi connectivity index (χ1v) is 9.81. The van der Waals surface area contributed by atoms with E-state index < -0.39 is 34.5 Å². The van der Waals surface area contributed by atoms with Crippen LogP contribution in [0.3, 0.4) is 0 Å². The van der Waals surface area contributed by atoms with Crippen molar-refractivity contribution < 1.29 is 18.0 Å². The lowest BCUT2D eigenvalue weighted by Crippen LogP contribution is -2.42. The van der Waals surface area contributed by atoms with E-state index in [0.29, 0.717) is 0 Å². The molecule has 2 aromatic carbocycles. The van der Waals surface area contributed by atoms with E-state index in [4.69, 9.17) is 5.73 Å². The molecule has 2 N–H and O–H groups in total. The highest BCUT2D eigenvalue weighted by molar-refractivity contribution is 6.01. The molecule has 2 aliphatic rings. The number of nitriles is 1. The van der Waals surface area contributed by atoms with Crippen molar-refractivity contribution in [2.45, 2.75) is 32.6 Å². The minimum atomic E-state index is -1.05. The van der Waals surface area contributed by atoms with Gasteiger partial charge in [0.15, 0.2) is 5.78 Å². The molecule has 0 bridgehead atoms.